The number of ether oxygens (including phenoxy) is 1. The summed E-state index contributed by atoms with van der Waals surface area (Å²) in [5, 5.41) is 7.47. The monoisotopic (exact) mass is 646 g/mol. The van der Waals surface area contributed by atoms with Crippen LogP contribution in [0.15, 0.2) is 103 Å². The molecule has 0 unspecified atom stereocenters. The molecule has 0 saturated carbocycles. The lowest BCUT2D eigenvalue weighted by Crippen LogP contribution is -2.12. The Kier molecular flexibility index (Phi) is 8.62. The van der Waals surface area contributed by atoms with Gasteiger partial charge in [-0.15, -0.1) is 0 Å². The highest BCUT2D eigenvalue weighted by atomic mass is 16.5. The van der Waals surface area contributed by atoms with Crippen LogP contribution >= 0.6 is 0 Å². The normalized spacial score (nSPS) is 11.9. The number of rotatable bonds is 9. The molecule has 5 nitrogen and oxygen atoms in total. The highest BCUT2D eigenvalue weighted by Gasteiger charge is 2.21. The van der Waals surface area contributed by atoms with Gasteiger partial charge in [-0.3, -0.25) is 4.57 Å². The maximum atomic E-state index is 6.77. The van der Waals surface area contributed by atoms with Crippen molar-refractivity contribution in [3.63, 3.8) is 0 Å². The number of nitrogens with zero attached hydrogens (tertiary/aromatic N) is 4. The van der Waals surface area contributed by atoms with Crippen LogP contribution in [0.3, 0.4) is 0 Å². The molecule has 0 aliphatic carbocycles. The molecule has 0 saturated heterocycles. The first-order valence-corrected chi connectivity index (χ1v) is 17.6. The molecule has 0 spiro atoms. The van der Waals surface area contributed by atoms with Crippen molar-refractivity contribution in [3.8, 4) is 34.1 Å². The fraction of sp³-hybridized carbons (Fsp3) is 0.273. The number of benzene rings is 4. The molecule has 0 radical (unpaired) electrons. The predicted octanol–water partition coefficient (Wildman–Crippen LogP) is 11.8. The summed E-state index contributed by atoms with van der Waals surface area (Å²) in [5.41, 5.74) is 11.3. The van der Waals surface area contributed by atoms with Gasteiger partial charge in [-0.05, 0) is 110 Å². The van der Waals surface area contributed by atoms with Crippen LogP contribution in [0, 0.1) is 20.8 Å². The number of hydrogen-bond acceptors (Lipinski definition) is 3. The first-order chi connectivity index (χ1) is 23.6. The summed E-state index contributed by atoms with van der Waals surface area (Å²) in [6.07, 6.45) is 6.66. The summed E-state index contributed by atoms with van der Waals surface area (Å²) >= 11 is 0. The number of aromatic nitrogens is 4. The van der Waals surface area contributed by atoms with E-state index >= 15 is 0 Å². The van der Waals surface area contributed by atoms with Crippen molar-refractivity contribution in [2.75, 3.05) is 0 Å². The Labute approximate surface area is 290 Å². The average Bonchev–Trinajstić information content (AvgIpc) is 3.56. The molecule has 0 fully saturated rings. The van der Waals surface area contributed by atoms with Crippen LogP contribution in [-0.2, 0) is 11.8 Å². The maximum Gasteiger partial charge on any atom is 0.137 e. The molecule has 248 valence electrons. The molecular weight excluding hydrogens is 601 g/mol. The minimum Gasteiger partial charge on any atom is -0.457 e. The largest absolute Gasteiger partial charge is 0.457 e. The fourth-order valence-corrected chi connectivity index (χ4v) is 6.99. The SMILES string of the molecule is CCCCCc1ccc2c(c1)c1ccc(Oc3cc(-n4nc(C)c(-c5ccccc5)c4C)cc(C(C)(C)C)c3)cc1n2-c1cc(C)ccn1. The van der Waals surface area contributed by atoms with Crippen molar-refractivity contribution < 1.29 is 4.74 Å². The van der Waals surface area contributed by atoms with E-state index in [2.05, 4.69) is 149 Å². The van der Waals surface area contributed by atoms with Crippen molar-refractivity contribution in [2.45, 2.75) is 79.6 Å². The molecule has 0 aliphatic heterocycles. The molecule has 3 heterocycles. The summed E-state index contributed by atoms with van der Waals surface area (Å²) in [4.78, 5) is 4.81. The summed E-state index contributed by atoms with van der Waals surface area (Å²) in [7, 11) is 0. The zero-order valence-corrected chi connectivity index (χ0v) is 29.8. The second-order valence-electron chi connectivity index (χ2n) is 14.4. The second-order valence-corrected chi connectivity index (χ2v) is 14.4. The average molecular weight is 647 g/mol. The molecule has 5 heteroatoms. The van der Waals surface area contributed by atoms with Crippen molar-refractivity contribution in [2.24, 2.45) is 0 Å². The van der Waals surface area contributed by atoms with E-state index in [-0.39, 0.29) is 5.41 Å². The van der Waals surface area contributed by atoms with E-state index in [4.69, 9.17) is 14.8 Å². The molecule has 7 aromatic rings. The smallest absolute Gasteiger partial charge is 0.137 e. The maximum absolute atomic E-state index is 6.77. The summed E-state index contributed by atoms with van der Waals surface area (Å²) in [6, 6.07) is 34.6. The predicted molar refractivity (Wildman–Crippen MR) is 204 cm³/mol. The molecule has 0 aliphatic rings. The Balaban J connectivity index is 1.34. The standard InChI is InChI=1S/C44H46N4O/c1-8-9-11-14-32-17-20-40-39(24-32)38-19-18-36(28-41(38)47(40)42-23-29(2)21-22-45-42)49-37-26-34(44(5,6)7)25-35(27-37)48-31(4)43(30(3)46-48)33-15-12-10-13-16-33/h10,12-13,15-28H,8-9,11,14H2,1-7H3. The second kappa shape index (κ2) is 13.0. The highest BCUT2D eigenvalue weighted by Crippen LogP contribution is 2.38. The van der Waals surface area contributed by atoms with E-state index in [1.807, 2.05) is 12.3 Å². The lowest BCUT2D eigenvalue weighted by atomic mass is 9.86. The van der Waals surface area contributed by atoms with Gasteiger partial charge in [0, 0.05) is 40.4 Å². The Hall–Kier alpha value is -5.16. The number of aryl methyl sites for hydroxylation is 3. The summed E-state index contributed by atoms with van der Waals surface area (Å²) < 4.78 is 11.1. The van der Waals surface area contributed by atoms with Crippen LogP contribution in [0.4, 0.5) is 0 Å². The van der Waals surface area contributed by atoms with Crippen LogP contribution in [0.25, 0.3) is 44.4 Å². The lowest BCUT2D eigenvalue weighted by Gasteiger charge is -2.22. The first-order valence-electron chi connectivity index (χ1n) is 17.6. The third kappa shape index (κ3) is 6.38. The van der Waals surface area contributed by atoms with Gasteiger partial charge in [0.15, 0.2) is 0 Å². The van der Waals surface area contributed by atoms with Crippen molar-refractivity contribution in [1.82, 2.24) is 19.3 Å². The Morgan fingerprint density at radius 2 is 1.55 bits per heavy atom. The molecule has 4 aromatic carbocycles. The van der Waals surface area contributed by atoms with Gasteiger partial charge in [0.1, 0.15) is 17.3 Å². The van der Waals surface area contributed by atoms with Gasteiger partial charge in [-0.2, -0.15) is 5.10 Å². The van der Waals surface area contributed by atoms with Gasteiger partial charge in [0.05, 0.1) is 22.4 Å². The van der Waals surface area contributed by atoms with Crippen molar-refractivity contribution >= 4 is 21.8 Å². The molecule has 0 N–H and O–H groups in total. The van der Waals surface area contributed by atoms with E-state index in [9.17, 15) is 0 Å². The van der Waals surface area contributed by atoms with E-state index in [1.54, 1.807) is 0 Å². The Bertz CT molecular complexity index is 2280. The third-order valence-electron chi connectivity index (χ3n) is 9.59. The van der Waals surface area contributed by atoms with Gasteiger partial charge in [-0.25, -0.2) is 9.67 Å². The molecule has 7 rings (SSSR count). The van der Waals surface area contributed by atoms with Crippen LogP contribution in [0.2, 0.25) is 0 Å². The lowest BCUT2D eigenvalue weighted by molar-refractivity contribution is 0.478. The first kappa shape index (κ1) is 32.4. The summed E-state index contributed by atoms with van der Waals surface area (Å²) in [5.74, 6) is 2.47. The van der Waals surface area contributed by atoms with Gasteiger partial charge in [0.25, 0.3) is 0 Å². The van der Waals surface area contributed by atoms with Gasteiger partial charge < -0.3 is 4.74 Å². The zero-order chi connectivity index (χ0) is 34.3. The molecule has 3 aromatic heterocycles. The van der Waals surface area contributed by atoms with Crippen LogP contribution < -0.4 is 4.74 Å². The molecule has 49 heavy (non-hydrogen) atoms. The number of fused-ring (bicyclic) bond motifs is 3. The van der Waals surface area contributed by atoms with Crippen LogP contribution in [0.5, 0.6) is 11.5 Å². The minimum atomic E-state index is -0.0888. The van der Waals surface area contributed by atoms with Crippen LogP contribution in [-0.4, -0.2) is 19.3 Å². The fourth-order valence-electron chi connectivity index (χ4n) is 6.99. The third-order valence-corrected chi connectivity index (χ3v) is 9.59. The topological polar surface area (TPSA) is 44.9 Å². The van der Waals surface area contributed by atoms with Gasteiger partial charge >= 0.3 is 0 Å². The van der Waals surface area contributed by atoms with Crippen molar-refractivity contribution in [1.29, 1.82) is 0 Å². The van der Waals surface area contributed by atoms with E-state index in [0.717, 1.165) is 51.8 Å². The van der Waals surface area contributed by atoms with E-state index in [1.165, 1.54) is 57.9 Å². The number of hydrogen-bond donors (Lipinski definition) is 0. The minimum absolute atomic E-state index is 0.0888. The van der Waals surface area contributed by atoms with Gasteiger partial charge in [0.2, 0.25) is 0 Å². The van der Waals surface area contributed by atoms with E-state index < -0.39 is 0 Å². The van der Waals surface area contributed by atoms with Crippen molar-refractivity contribution in [3.05, 3.63) is 131 Å². The summed E-state index contributed by atoms with van der Waals surface area (Å²) in [6.45, 7) is 15.3. The number of unbranched alkanes of at least 4 members (excludes halogenated alkanes) is 2. The quantitative estimate of drug-likeness (QED) is 0.147. The molecule has 0 atom stereocenters. The van der Waals surface area contributed by atoms with E-state index in [0.29, 0.717) is 0 Å². The Morgan fingerprint density at radius 3 is 2.31 bits per heavy atom. The molecule has 0 amide bonds. The molecule has 0 bridgehead atoms. The Morgan fingerprint density at radius 1 is 0.735 bits per heavy atom. The van der Waals surface area contributed by atoms with Gasteiger partial charge in [-0.1, -0.05) is 76.9 Å². The highest BCUT2D eigenvalue weighted by molar-refractivity contribution is 6.09. The number of pyridine rings is 1. The molecular formula is C44H46N4O. The van der Waals surface area contributed by atoms with Crippen LogP contribution in [0.1, 0.15) is 75.0 Å². The zero-order valence-electron chi connectivity index (χ0n) is 29.8.